The summed E-state index contributed by atoms with van der Waals surface area (Å²) in [5.74, 6) is 0.627. The van der Waals surface area contributed by atoms with Crippen molar-refractivity contribution in [3.63, 3.8) is 0 Å². The van der Waals surface area contributed by atoms with Crippen molar-refractivity contribution in [2.24, 2.45) is 16.0 Å². The molecular weight excluding hydrogens is 308 g/mol. The molecule has 1 heterocycles. The number of fused-ring (bicyclic) bond motifs is 1. The van der Waals surface area contributed by atoms with E-state index in [0.717, 1.165) is 16.8 Å². The molecule has 0 radical (unpaired) electrons. The molecule has 0 fully saturated rings. The van der Waals surface area contributed by atoms with E-state index in [9.17, 15) is 9.90 Å². The quantitative estimate of drug-likeness (QED) is 0.717. The Bertz CT molecular complexity index is 931. The average molecular weight is 324 g/mol. The van der Waals surface area contributed by atoms with Gasteiger partial charge in [-0.3, -0.25) is 0 Å². The lowest BCUT2D eigenvalue weighted by atomic mass is 10.2. The summed E-state index contributed by atoms with van der Waals surface area (Å²) in [5, 5.41) is 18.4. The molecule has 2 amide bonds. The highest BCUT2D eigenvalue weighted by Gasteiger charge is 2.17. The maximum atomic E-state index is 10.9. The molecule has 3 N–H and O–H groups in total. The maximum absolute atomic E-state index is 10.9. The van der Waals surface area contributed by atoms with Crippen molar-refractivity contribution < 1.29 is 14.6 Å². The van der Waals surface area contributed by atoms with Crippen molar-refractivity contribution in [1.29, 1.82) is 0 Å². The van der Waals surface area contributed by atoms with Crippen LogP contribution < -0.4 is 10.5 Å². The summed E-state index contributed by atoms with van der Waals surface area (Å²) in [7, 11) is 1.60. The average Bonchev–Trinajstić information content (AvgIpc) is 2.85. The molecule has 0 spiro atoms. The Morgan fingerprint density at radius 1 is 1.21 bits per heavy atom. The Morgan fingerprint density at radius 2 is 1.92 bits per heavy atom. The Labute approximate surface area is 138 Å². The third-order valence-corrected chi connectivity index (χ3v) is 3.69. The fourth-order valence-electron chi connectivity index (χ4n) is 2.63. The minimum absolute atomic E-state index is 0.0906. The van der Waals surface area contributed by atoms with E-state index in [2.05, 4.69) is 10.2 Å². The van der Waals surface area contributed by atoms with Crippen LogP contribution in [-0.4, -0.2) is 22.8 Å². The van der Waals surface area contributed by atoms with Gasteiger partial charge in [-0.05, 0) is 12.1 Å². The van der Waals surface area contributed by atoms with Gasteiger partial charge in [0.25, 0.3) is 0 Å². The summed E-state index contributed by atoms with van der Waals surface area (Å²) in [4.78, 5) is 10.9. The highest BCUT2D eigenvalue weighted by molar-refractivity contribution is 5.95. The first kappa shape index (κ1) is 15.5. The first-order valence-electron chi connectivity index (χ1n) is 7.25. The topological polar surface area (TPSA) is 102 Å². The Hall–Kier alpha value is -3.35. The van der Waals surface area contributed by atoms with Crippen LogP contribution in [0.2, 0.25) is 0 Å². The molecule has 0 aliphatic rings. The fraction of sp³-hybridized carbons (Fsp3) is 0.118. The third-order valence-electron chi connectivity index (χ3n) is 3.69. The number of nitrogens with zero attached hydrogens (tertiary/aromatic N) is 3. The number of ether oxygens (including phenoxy) is 1. The van der Waals surface area contributed by atoms with Gasteiger partial charge < -0.3 is 20.1 Å². The van der Waals surface area contributed by atoms with Crippen LogP contribution in [0.3, 0.4) is 0 Å². The summed E-state index contributed by atoms with van der Waals surface area (Å²) >= 11 is 0. The van der Waals surface area contributed by atoms with Gasteiger partial charge in [-0.25, -0.2) is 4.79 Å². The number of rotatable bonds is 4. The standard InChI is InChI=1S/C17H16N4O3/c1-24-14-9-5-2-6-11(14)10-21-13-8-4-3-7-12(13)15(16(21)22)19-20-17(18)23/h2-9,22H,10H2,1H3,(H2,18,23). The van der Waals surface area contributed by atoms with Gasteiger partial charge in [-0.2, -0.15) is 0 Å². The summed E-state index contributed by atoms with van der Waals surface area (Å²) in [5.41, 5.74) is 6.87. The van der Waals surface area contributed by atoms with Gasteiger partial charge in [-0.15, -0.1) is 5.11 Å². The number of para-hydroxylation sites is 2. The number of hydrogen-bond donors (Lipinski definition) is 2. The first-order chi connectivity index (χ1) is 11.6. The molecule has 0 bridgehead atoms. The van der Waals surface area contributed by atoms with Crippen molar-refractivity contribution >= 4 is 22.6 Å². The number of azo groups is 1. The number of hydrogen-bond acceptors (Lipinski definition) is 4. The molecule has 0 saturated heterocycles. The zero-order chi connectivity index (χ0) is 17.1. The predicted molar refractivity (Wildman–Crippen MR) is 89.8 cm³/mol. The van der Waals surface area contributed by atoms with Crippen molar-refractivity contribution in [3.8, 4) is 11.6 Å². The fourth-order valence-corrected chi connectivity index (χ4v) is 2.63. The Balaban J connectivity index is 2.14. The van der Waals surface area contributed by atoms with Crippen LogP contribution in [0.1, 0.15) is 5.56 Å². The number of carbonyl (C=O) groups excluding carboxylic acids is 1. The molecule has 7 nitrogen and oxygen atoms in total. The van der Waals surface area contributed by atoms with Gasteiger partial charge in [0.05, 0.1) is 19.2 Å². The van der Waals surface area contributed by atoms with Gasteiger partial charge in [-0.1, -0.05) is 41.5 Å². The summed E-state index contributed by atoms with van der Waals surface area (Å²) in [6, 6.07) is 13.9. The van der Waals surface area contributed by atoms with E-state index < -0.39 is 6.03 Å². The monoisotopic (exact) mass is 324 g/mol. The van der Waals surface area contributed by atoms with Crippen molar-refractivity contribution in [1.82, 2.24) is 4.57 Å². The van der Waals surface area contributed by atoms with Gasteiger partial charge in [0.2, 0.25) is 5.88 Å². The third kappa shape index (κ3) is 2.79. The van der Waals surface area contributed by atoms with Crippen molar-refractivity contribution in [2.45, 2.75) is 6.54 Å². The van der Waals surface area contributed by atoms with Crippen LogP contribution in [0.5, 0.6) is 11.6 Å². The second-order valence-electron chi connectivity index (χ2n) is 5.13. The molecule has 3 rings (SSSR count). The molecule has 24 heavy (non-hydrogen) atoms. The minimum Gasteiger partial charge on any atom is -0.496 e. The lowest BCUT2D eigenvalue weighted by Crippen LogP contribution is -2.02. The smallest absolute Gasteiger partial charge is 0.356 e. The van der Waals surface area contributed by atoms with E-state index in [1.165, 1.54) is 0 Å². The normalized spacial score (nSPS) is 11.2. The van der Waals surface area contributed by atoms with E-state index in [1.54, 1.807) is 17.7 Å². The van der Waals surface area contributed by atoms with Crippen LogP contribution in [-0.2, 0) is 6.54 Å². The van der Waals surface area contributed by atoms with Crippen LogP contribution in [0.15, 0.2) is 58.8 Å². The summed E-state index contributed by atoms with van der Waals surface area (Å²) < 4.78 is 7.04. The maximum Gasteiger partial charge on any atom is 0.356 e. The molecule has 0 saturated carbocycles. The number of amides is 2. The van der Waals surface area contributed by atoms with Crippen LogP contribution in [0.4, 0.5) is 10.5 Å². The van der Waals surface area contributed by atoms with Crippen LogP contribution in [0, 0.1) is 0 Å². The van der Waals surface area contributed by atoms with E-state index in [4.69, 9.17) is 10.5 Å². The van der Waals surface area contributed by atoms with Crippen LogP contribution >= 0.6 is 0 Å². The van der Waals surface area contributed by atoms with Crippen molar-refractivity contribution in [2.75, 3.05) is 7.11 Å². The predicted octanol–water partition coefficient (Wildman–Crippen LogP) is 3.57. The molecular formula is C17H16N4O3. The number of primary amides is 1. The molecule has 122 valence electrons. The zero-order valence-electron chi connectivity index (χ0n) is 13.0. The summed E-state index contributed by atoms with van der Waals surface area (Å²) in [6.07, 6.45) is 0. The van der Waals surface area contributed by atoms with E-state index in [0.29, 0.717) is 11.9 Å². The highest BCUT2D eigenvalue weighted by Crippen LogP contribution is 2.39. The van der Waals surface area contributed by atoms with Gasteiger partial charge in [0, 0.05) is 10.9 Å². The molecule has 0 aliphatic heterocycles. The van der Waals surface area contributed by atoms with E-state index in [-0.39, 0.29) is 11.6 Å². The van der Waals surface area contributed by atoms with E-state index >= 15 is 0 Å². The molecule has 2 aromatic carbocycles. The number of nitrogens with two attached hydrogens (primary N) is 1. The van der Waals surface area contributed by atoms with Crippen molar-refractivity contribution in [3.05, 3.63) is 54.1 Å². The second kappa shape index (κ2) is 6.41. The molecule has 0 unspecified atom stereocenters. The number of methoxy groups -OCH3 is 1. The van der Waals surface area contributed by atoms with E-state index in [1.807, 2.05) is 42.5 Å². The Kier molecular flexibility index (Phi) is 4.15. The molecule has 7 heteroatoms. The molecule has 0 aliphatic carbocycles. The van der Waals surface area contributed by atoms with Gasteiger partial charge in [0.15, 0.2) is 5.69 Å². The second-order valence-corrected chi connectivity index (χ2v) is 5.13. The summed E-state index contributed by atoms with van der Waals surface area (Å²) in [6.45, 7) is 0.377. The number of aromatic nitrogens is 1. The first-order valence-corrected chi connectivity index (χ1v) is 7.25. The zero-order valence-corrected chi connectivity index (χ0v) is 13.0. The largest absolute Gasteiger partial charge is 0.496 e. The van der Waals surface area contributed by atoms with Gasteiger partial charge in [0.1, 0.15) is 5.75 Å². The number of benzene rings is 2. The molecule has 3 aromatic rings. The lowest BCUT2D eigenvalue weighted by molar-refractivity contribution is 0.255. The lowest BCUT2D eigenvalue weighted by Gasteiger charge is -2.11. The van der Waals surface area contributed by atoms with Gasteiger partial charge >= 0.3 is 6.03 Å². The number of aromatic hydroxyl groups is 1. The number of carbonyl (C=O) groups is 1. The Morgan fingerprint density at radius 3 is 2.67 bits per heavy atom. The number of urea groups is 1. The SMILES string of the molecule is COc1ccccc1Cn1c(O)c(N=NC(N)=O)c2ccccc21. The van der Waals surface area contributed by atoms with Crippen LogP contribution in [0.25, 0.3) is 10.9 Å². The minimum atomic E-state index is -0.920. The molecule has 0 atom stereocenters. The molecule has 1 aromatic heterocycles. The highest BCUT2D eigenvalue weighted by atomic mass is 16.5.